The molecule has 1 amide bonds. The second-order valence-corrected chi connectivity index (χ2v) is 5.54. The summed E-state index contributed by atoms with van der Waals surface area (Å²) in [6.07, 6.45) is 0. The molecule has 5 nitrogen and oxygen atoms in total. The average molecular weight is 363 g/mol. The molecule has 0 atom stereocenters. The summed E-state index contributed by atoms with van der Waals surface area (Å²) < 4.78 is 5.57. The summed E-state index contributed by atoms with van der Waals surface area (Å²) in [7, 11) is 1.23. The Hall–Kier alpha value is -2.55. The summed E-state index contributed by atoms with van der Waals surface area (Å²) in [5.41, 5.74) is 1.05. The van der Waals surface area contributed by atoms with Crippen LogP contribution in [0.25, 0.3) is 0 Å². The van der Waals surface area contributed by atoms with Crippen molar-refractivity contribution in [3.8, 4) is 6.07 Å². The van der Waals surface area contributed by atoms with E-state index >= 15 is 0 Å². The lowest BCUT2D eigenvalue weighted by atomic mass is 10.1. The monoisotopic (exact) mass is 362 g/mol. The van der Waals surface area contributed by atoms with Gasteiger partial charge in [0.05, 0.1) is 35.4 Å². The van der Waals surface area contributed by atoms with Crippen molar-refractivity contribution >= 4 is 35.3 Å². The van der Waals surface area contributed by atoms with Gasteiger partial charge in [-0.05, 0) is 23.8 Å². The van der Waals surface area contributed by atoms with Crippen LogP contribution in [-0.2, 0) is 11.3 Å². The second-order valence-electron chi connectivity index (χ2n) is 4.75. The van der Waals surface area contributed by atoms with E-state index in [4.69, 9.17) is 28.6 Å². The number of carbonyl (C=O) groups is 2. The Labute approximate surface area is 149 Å². The molecule has 0 saturated heterocycles. The van der Waals surface area contributed by atoms with Crippen molar-refractivity contribution in [2.24, 2.45) is 0 Å². The van der Waals surface area contributed by atoms with E-state index in [1.54, 1.807) is 30.3 Å². The number of methoxy groups -OCH3 is 1. The number of benzene rings is 2. The highest BCUT2D eigenvalue weighted by molar-refractivity contribution is 6.32. The quantitative estimate of drug-likeness (QED) is 0.612. The zero-order chi connectivity index (χ0) is 17.7. The summed E-state index contributed by atoms with van der Waals surface area (Å²) >= 11 is 12.2. The van der Waals surface area contributed by atoms with Gasteiger partial charge in [-0.2, -0.15) is 5.26 Å². The van der Waals surface area contributed by atoms with Gasteiger partial charge in [-0.3, -0.25) is 4.79 Å². The number of ether oxygens (including phenoxy) is 1. The van der Waals surface area contributed by atoms with Gasteiger partial charge >= 0.3 is 5.97 Å². The van der Waals surface area contributed by atoms with Crippen molar-refractivity contribution in [3.05, 3.63) is 69.7 Å². The van der Waals surface area contributed by atoms with E-state index in [9.17, 15) is 9.59 Å². The van der Waals surface area contributed by atoms with Gasteiger partial charge in [0, 0.05) is 11.8 Å². The molecule has 0 fully saturated rings. The molecule has 0 N–H and O–H groups in total. The van der Waals surface area contributed by atoms with E-state index in [0.717, 1.165) is 4.42 Å². The van der Waals surface area contributed by atoms with Gasteiger partial charge in [-0.25, -0.2) is 9.21 Å². The van der Waals surface area contributed by atoms with E-state index in [-0.39, 0.29) is 22.7 Å². The number of esters is 1. The fourth-order valence-corrected chi connectivity index (χ4v) is 2.55. The Morgan fingerprint density at radius 3 is 2.46 bits per heavy atom. The predicted octanol–water partition coefficient (Wildman–Crippen LogP) is 3.79. The van der Waals surface area contributed by atoms with Crippen LogP contribution < -0.4 is 0 Å². The van der Waals surface area contributed by atoms with Crippen LogP contribution >= 0.6 is 23.4 Å². The summed E-state index contributed by atoms with van der Waals surface area (Å²) in [4.78, 5) is 24.3. The van der Waals surface area contributed by atoms with Crippen LogP contribution in [0, 0.1) is 11.3 Å². The molecule has 0 aromatic heterocycles. The zero-order valence-electron chi connectivity index (χ0n) is 12.6. The number of hydrogen-bond donors (Lipinski definition) is 0. The van der Waals surface area contributed by atoms with Gasteiger partial charge in [-0.1, -0.05) is 35.9 Å². The van der Waals surface area contributed by atoms with Gasteiger partial charge in [0.1, 0.15) is 6.07 Å². The molecular weight excluding hydrogens is 351 g/mol. The van der Waals surface area contributed by atoms with E-state index < -0.39 is 11.9 Å². The smallest absolute Gasteiger partial charge is 0.338 e. The predicted molar refractivity (Wildman–Crippen MR) is 89.7 cm³/mol. The molecule has 0 aliphatic rings. The van der Waals surface area contributed by atoms with Crippen molar-refractivity contribution in [2.75, 3.05) is 7.11 Å². The fraction of sp³-hybridized carbons (Fsp3) is 0.118. The van der Waals surface area contributed by atoms with Crippen LogP contribution in [0.15, 0.2) is 42.5 Å². The average Bonchev–Trinajstić information content (AvgIpc) is 2.62. The zero-order valence-corrected chi connectivity index (χ0v) is 14.1. The number of hydrogen-bond acceptors (Lipinski definition) is 4. The first kappa shape index (κ1) is 17.8. The number of nitriles is 1. The summed E-state index contributed by atoms with van der Waals surface area (Å²) in [5.74, 6) is -1.20. The highest BCUT2D eigenvalue weighted by Crippen LogP contribution is 2.24. The van der Waals surface area contributed by atoms with Gasteiger partial charge in [-0.15, -0.1) is 0 Å². The Balaban J connectivity index is 2.29. The van der Waals surface area contributed by atoms with Gasteiger partial charge in [0.15, 0.2) is 0 Å². The molecule has 122 valence electrons. The molecule has 0 heterocycles. The van der Waals surface area contributed by atoms with Gasteiger partial charge in [0.25, 0.3) is 5.91 Å². The Morgan fingerprint density at radius 2 is 1.83 bits per heavy atom. The van der Waals surface area contributed by atoms with Gasteiger partial charge in [0.2, 0.25) is 0 Å². The third-order valence-corrected chi connectivity index (χ3v) is 4.01. The first-order chi connectivity index (χ1) is 11.5. The molecule has 0 radical (unpaired) electrons. The van der Waals surface area contributed by atoms with Crippen LogP contribution in [0.2, 0.25) is 5.02 Å². The van der Waals surface area contributed by atoms with Crippen LogP contribution in [0.1, 0.15) is 31.8 Å². The molecule has 2 aromatic rings. The first-order valence-corrected chi connectivity index (χ1v) is 7.53. The molecule has 0 bridgehead atoms. The van der Waals surface area contributed by atoms with E-state index in [2.05, 4.69) is 4.74 Å². The number of halogens is 2. The number of rotatable bonds is 4. The molecule has 2 rings (SSSR count). The lowest BCUT2D eigenvalue weighted by molar-refractivity contribution is 0.0594. The van der Waals surface area contributed by atoms with E-state index in [1.807, 2.05) is 6.07 Å². The fourth-order valence-electron chi connectivity index (χ4n) is 2.10. The van der Waals surface area contributed by atoms with Gasteiger partial charge < -0.3 is 4.74 Å². The molecule has 0 saturated carbocycles. The molecule has 0 unspecified atom stereocenters. The molecule has 24 heavy (non-hydrogen) atoms. The summed E-state index contributed by atoms with van der Waals surface area (Å²) in [6, 6.07) is 13.0. The largest absolute Gasteiger partial charge is 0.465 e. The highest BCUT2D eigenvalue weighted by atomic mass is 35.5. The van der Waals surface area contributed by atoms with Crippen molar-refractivity contribution < 1.29 is 14.3 Å². The van der Waals surface area contributed by atoms with Crippen molar-refractivity contribution in [3.63, 3.8) is 0 Å². The van der Waals surface area contributed by atoms with Crippen LogP contribution in [0.4, 0.5) is 0 Å². The van der Waals surface area contributed by atoms with Crippen LogP contribution in [-0.4, -0.2) is 23.4 Å². The molecular formula is C17H12Cl2N2O3. The maximum atomic E-state index is 12.5. The van der Waals surface area contributed by atoms with E-state index in [1.165, 1.54) is 19.2 Å². The molecule has 2 aromatic carbocycles. The lowest BCUT2D eigenvalue weighted by Crippen LogP contribution is -2.24. The van der Waals surface area contributed by atoms with Crippen LogP contribution in [0.3, 0.4) is 0 Å². The normalized spacial score (nSPS) is 9.92. The Bertz CT molecular complexity index is 831. The minimum Gasteiger partial charge on any atom is -0.465 e. The third kappa shape index (κ3) is 3.67. The number of carbonyl (C=O) groups excluding carboxylic acids is 2. The second kappa shape index (κ2) is 7.82. The Morgan fingerprint density at radius 1 is 1.17 bits per heavy atom. The summed E-state index contributed by atoms with van der Waals surface area (Å²) in [5, 5.41) is 9.23. The molecule has 7 heteroatoms. The summed E-state index contributed by atoms with van der Waals surface area (Å²) in [6.45, 7) is -0.0236. The van der Waals surface area contributed by atoms with Crippen molar-refractivity contribution in [1.29, 1.82) is 5.26 Å². The number of amides is 1. The minimum absolute atomic E-state index is 0.0236. The molecule has 0 aliphatic carbocycles. The third-order valence-electron chi connectivity index (χ3n) is 3.29. The molecule has 0 spiro atoms. The highest BCUT2D eigenvalue weighted by Gasteiger charge is 2.22. The maximum Gasteiger partial charge on any atom is 0.338 e. The first-order valence-electron chi connectivity index (χ1n) is 6.82. The molecule has 0 aliphatic heterocycles. The minimum atomic E-state index is -0.631. The van der Waals surface area contributed by atoms with E-state index in [0.29, 0.717) is 11.1 Å². The van der Waals surface area contributed by atoms with Crippen molar-refractivity contribution in [2.45, 2.75) is 6.54 Å². The van der Waals surface area contributed by atoms with Crippen LogP contribution in [0.5, 0.6) is 0 Å². The number of nitrogens with zero attached hydrogens (tertiary/aromatic N) is 2. The lowest BCUT2D eigenvalue weighted by Gasteiger charge is -2.16. The topological polar surface area (TPSA) is 70.4 Å². The standard InChI is InChI=1S/C17H12Cl2N2O3/c1-24-17(23)14-8-3-2-7-13(14)16(22)21(19)10-12-6-4-5-11(9-20)15(12)18/h2-8H,10H2,1H3. The maximum absolute atomic E-state index is 12.5. The SMILES string of the molecule is COC(=O)c1ccccc1C(=O)N(Cl)Cc1cccc(C#N)c1Cl. The Kier molecular flexibility index (Phi) is 5.80. The van der Waals surface area contributed by atoms with Crippen molar-refractivity contribution in [1.82, 2.24) is 4.42 Å².